The number of hydrogen-bond donors (Lipinski definition) is 1. The molecule has 1 fully saturated rings. The van der Waals surface area contributed by atoms with Crippen LogP contribution in [-0.4, -0.2) is 51.0 Å². The summed E-state index contributed by atoms with van der Waals surface area (Å²) in [5.41, 5.74) is 1.39. The molecule has 0 saturated heterocycles. The highest BCUT2D eigenvalue weighted by atomic mass is 16.5. The molecule has 9 nitrogen and oxygen atoms in total. The minimum atomic E-state index is -1.12. The lowest BCUT2D eigenvalue weighted by Crippen LogP contribution is -2.32. The molecule has 5 rings (SSSR count). The molecule has 0 spiro atoms. The molecule has 1 saturated carbocycles. The van der Waals surface area contributed by atoms with Gasteiger partial charge in [-0.3, -0.25) is 4.79 Å². The summed E-state index contributed by atoms with van der Waals surface area (Å²) in [6.45, 7) is 3.29. The quantitative estimate of drug-likeness (QED) is 0.585. The lowest BCUT2D eigenvalue weighted by Gasteiger charge is -2.19. The second-order valence-electron chi connectivity index (χ2n) is 8.88. The van der Waals surface area contributed by atoms with Crippen LogP contribution in [0.2, 0.25) is 0 Å². The summed E-state index contributed by atoms with van der Waals surface area (Å²) in [4.78, 5) is 29.2. The number of nitrogens with zero attached hydrogens (tertiary/aromatic N) is 3. The van der Waals surface area contributed by atoms with Crippen molar-refractivity contribution < 1.29 is 28.9 Å². The van der Waals surface area contributed by atoms with E-state index in [2.05, 4.69) is 10.1 Å². The molecule has 0 bridgehead atoms. The monoisotopic (exact) mass is 437 g/mol. The lowest BCUT2D eigenvalue weighted by molar-refractivity contribution is -0.153. The van der Waals surface area contributed by atoms with Crippen LogP contribution in [0.3, 0.4) is 0 Å². The molecule has 0 atom stereocenters. The summed E-state index contributed by atoms with van der Waals surface area (Å²) in [7, 11) is 1.55. The van der Waals surface area contributed by atoms with Gasteiger partial charge in [0.25, 0.3) is 0 Å². The Morgan fingerprint density at radius 3 is 2.75 bits per heavy atom. The van der Waals surface area contributed by atoms with E-state index >= 15 is 0 Å². The number of ether oxygens (including phenoxy) is 3. The number of hydrogen-bond acceptors (Lipinski definition) is 8. The molecule has 0 amide bonds. The highest BCUT2D eigenvalue weighted by Gasteiger charge is 2.56. The van der Waals surface area contributed by atoms with Gasteiger partial charge in [-0.05, 0) is 51.0 Å². The Morgan fingerprint density at radius 1 is 1.28 bits per heavy atom. The van der Waals surface area contributed by atoms with Gasteiger partial charge in [-0.15, -0.1) is 5.10 Å². The number of rotatable bonds is 6. The van der Waals surface area contributed by atoms with Gasteiger partial charge in [0.05, 0.1) is 24.0 Å². The predicted molar refractivity (Wildman–Crippen MR) is 112 cm³/mol. The molecule has 1 N–H and O–H groups in total. The number of esters is 2. The van der Waals surface area contributed by atoms with Crippen LogP contribution < -0.4 is 4.74 Å². The maximum absolute atomic E-state index is 12.8. The van der Waals surface area contributed by atoms with Gasteiger partial charge in [0.1, 0.15) is 18.6 Å². The Bertz CT molecular complexity index is 1250. The average molecular weight is 437 g/mol. The molecule has 1 aliphatic heterocycles. The fourth-order valence-electron chi connectivity index (χ4n) is 3.84. The van der Waals surface area contributed by atoms with Crippen molar-refractivity contribution in [1.29, 1.82) is 0 Å². The summed E-state index contributed by atoms with van der Waals surface area (Å²) in [6, 6.07) is 9.12. The van der Waals surface area contributed by atoms with Gasteiger partial charge in [0.2, 0.25) is 0 Å². The topological polar surface area (TPSA) is 112 Å². The number of benzene rings is 1. The minimum Gasteiger partial charge on any atom is -0.493 e. The lowest BCUT2D eigenvalue weighted by atomic mass is 10.0. The van der Waals surface area contributed by atoms with E-state index in [0.717, 1.165) is 16.8 Å². The number of aliphatic hydroxyl groups is 1. The van der Waals surface area contributed by atoms with Crippen LogP contribution in [0, 0.1) is 0 Å². The van der Waals surface area contributed by atoms with Crippen molar-refractivity contribution >= 4 is 17.6 Å². The predicted octanol–water partition coefficient (Wildman–Crippen LogP) is 2.42. The maximum atomic E-state index is 12.8. The van der Waals surface area contributed by atoms with Crippen molar-refractivity contribution in [3.63, 3.8) is 0 Å². The first kappa shape index (κ1) is 20.4. The van der Waals surface area contributed by atoms with E-state index in [9.17, 15) is 14.7 Å². The summed E-state index contributed by atoms with van der Waals surface area (Å²) < 4.78 is 17.6. The van der Waals surface area contributed by atoms with E-state index in [1.165, 1.54) is 0 Å². The van der Waals surface area contributed by atoms with Gasteiger partial charge < -0.3 is 19.3 Å². The van der Waals surface area contributed by atoms with E-state index in [-0.39, 0.29) is 19.2 Å². The third-order valence-electron chi connectivity index (χ3n) is 5.77. The van der Waals surface area contributed by atoms with Crippen LogP contribution in [0.25, 0.3) is 16.9 Å². The average Bonchev–Trinajstić information content (AvgIpc) is 3.32. The van der Waals surface area contributed by atoms with Crippen molar-refractivity contribution in [2.45, 2.75) is 44.3 Å². The summed E-state index contributed by atoms with van der Waals surface area (Å²) >= 11 is 0. The molecular formula is C23H23N3O6. The molecule has 32 heavy (non-hydrogen) atoms. The summed E-state index contributed by atoms with van der Waals surface area (Å²) in [5, 5.41) is 14.6. The number of pyridine rings is 1. The van der Waals surface area contributed by atoms with Crippen molar-refractivity contribution in [1.82, 2.24) is 14.6 Å². The zero-order valence-corrected chi connectivity index (χ0v) is 18.0. The van der Waals surface area contributed by atoms with Crippen LogP contribution in [-0.2, 0) is 26.3 Å². The highest BCUT2D eigenvalue weighted by molar-refractivity contribution is 5.94. The Labute approximate surface area is 183 Å². The maximum Gasteiger partial charge on any atom is 0.338 e. The van der Waals surface area contributed by atoms with Crippen LogP contribution in [0.4, 0.5) is 0 Å². The zero-order valence-electron chi connectivity index (χ0n) is 18.0. The molecule has 166 valence electrons. The fourth-order valence-corrected chi connectivity index (χ4v) is 3.84. The second-order valence-corrected chi connectivity index (χ2v) is 8.88. The molecule has 9 heteroatoms. The number of aromatic nitrogens is 3. The van der Waals surface area contributed by atoms with Gasteiger partial charge in [-0.25, -0.2) is 14.3 Å². The molecule has 1 aliphatic carbocycles. The first-order valence-electron chi connectivity index (χ1n) is 10.4. The van der Waals surface area contributed by atoms with Crippen molar-refractivity contribution in [2.75, 3.05) is 13.7 Å². The summed E-state index contributed by atoms with van der Waals surface area (Å²) in [6.07, 6.45) is 1.15. The zero-order chi connectivity index (χ0) is 22.7. The smallest absolute Gasteiger partial charge is 0.338 e. The first-order valence-corrected chi connectivity index (χ1v) is 10.4. The van der Waals surface area contributed by atoms with E-state index in [0.29, 0.717) is 35.6 Å². The number of fused-ring (bicyclic) bond motifs is 2. The van der Waals surface area contributed by atoms with Gasteiger partial charge in [0.15, 0.2) is 17.2 Å². The van der Waals surface area contributed by atoms with Gasteiger partial charge in [-0.1, -0.05) is 6.07 Å². The minimum absolute atomic E-state index is 0.106. The van der Waals surface area contributed by atoms with E-state index in [4.69, 9.17) is 14.2 Å². The SMILES string of the molecule is COc1ccc(-c2ccc3c(c2)COC3=O)n2nc(C3(C(=O)OCC(C)(C)O)CC3)nc12. The molecule has 0 radical (unpaired) electrons. The number of methoxy groups -OCH3 is 1. The molecule has 2 aliphatic rings. The van der Waals surface area contributed by atoms with E-state index in [1.54, 1.807) is 37.6 Å². The van der Waals surface area contributed by atoms with Gasteiger partial charge in [0, 0.05) is 11.1 Å². The van der Waals surface area contributed by atoms with E-state index in [1.807, 2.05) is 18.2 Å². The van der Waals surface area contributed by atoms with E-state index < -0.39 is 17.0 Å². The molecule has 3 aromatic rings. The molecule has 3 heterocycles. The summed E-state index contributed by atoms with van der Waals surface area (Å²) in [5.74, 6) is 0.121. The standard InChI is InChI=1S/C23H23N3O6/c1-22(2,29)12-32-21(28)23(8-9-23)20-24-18-17(30-3)7-6-16(26(18)25-20)13-4-5-15-14(10-13)11-31-19(15)27/h4-7,10,29H,8-9,11-12H2,1-3H3. The largest absolute Gasteiger partial charge is 0.493 e. The second kappa shape index (κ2) is 7.03. The molecule has 0 unspecified atom stereocenters. The normalized spacial score (nSPS) is 16.6. The molecule has 1 aromatic carbocycles. The Kier molecular flexibility index (Phi) is 4.49. The Morgan fingerprint density at radius 2 is 2.06 bits per heavy atom. The highest BCUT2D eigenvalue weighted by Crippen LogP contribution is 2.48. The Hall–Kier alpha value is -3.46. The van der Waals surface area contributed by atoms with Crippen LogP contribution in [0.5, 0.6) is 5.75 Å². The number of cyclic esters (lactones) is 1. The van der Waals surface area contributed by atoms with Crippen molar-refractivity contribution in [3.8, 4) is 17.0 Å². The molecular weight excluding hydrogens is 414 g/mol. The van der Waals surface area contributed by atoms with Crippen molar-refractivity contribution in [3.05, 3.63) is 47.3 Å². The number of carbonyl (C=O) groups is 2. The third kappa shape index (κ3) is 3.29. The van der Waals surface area contributed by atoms with Gasteiger partial charge in [-0.2, -0.15) is 0 Å². The first-order chi connectivity index (χ1) is 15.2. The Balaban J connectivity index is 1.57. The third-order valence-corrected chi connectivity index (χ3v) is 5.77. The van der Waals surface area contributed by atoms with Crippen molar-refractivity contribution in [2.24, 2.45) is 0 Å². The van der Waals surface area contributed by atoms with Gasteiger partial charge >= 0.3 is 11.9 Å². The fraction of sp³-hybridized carbons (Fsp3) is 0.391. The van der Waals surface area contributed by atoms with Crippen LogP contribution in [0.15, 0.2) is 30.3 Å². The molecule has 2 aromatic heterocycles. The van der Waals surface area contributed by atoms with Crippen LogP contribution in [0.1, 0.15) is 48.4 Å². The van der Waals surface area contributed by atoms with Crippen LogP contribution >= 0.6 is 0 Å². The number of carbonyl (C=O) groups excluding carboxylic acids is 2.